The summed E-state index contributed by atoms with van der Waals surface area (Å²) < 4.78 is 1.62. The highest BCUT2D eigenvalue weighted by molar-refractivity contribution is 5.89. The quantitative estimate of drug-likeness (QED) is 0.456. The van der Waals surface area contributed by atoms with Gasteiger partial charge in [0.2, 0.25) is 0 Å². The summed E-state index contributed by atoms with van der Waals surface area (Å²) in [5, 5.41) is 15.8. The Balaban J connectivity index is 1.52. The van der Waals surface area contributed by atoms with Crippen LogP contribution in [0.2, 0.25) is 0 Å². The Hall–Kier alpha value is -4.26. The van der Waals surface area contributed by atoms with Crippen molar-refractivity contribution >= 4 is 33.3 Å². The number of aryl methyl sites for hydroxylation is 1. The number of hydrogen-bond acceptors (Lipinski definition) is 5. The lowest BCUT2D eigenvalue weighted by Gasteiger charge is -2.06. The molecule has 0 spiro atoms. The topological polar surface area (TPSA) is 97.8 Å². The van der Waals surface area contributed by atoms with Gasteiger partial charge in [0.1, 0.15) is 0 Å². The van der Waals surface area contributed by atoms with Crippen molar-refractivity contribution in [2.24, 2.45) is 0 Å². The molecule has 0 saturated heterocycles. The lowest BCUT2D eigenvalue weighted by Crippen LogP contribution is -2.06. The first-order valence-electron chi connectivity index (χ1n) is 9.64. The average Bonchev–Trinajstić information content (AvgIpc) is 3.38. The van der Waals surface area contributed by atoms with Gasteiger partial charge in [0.05, 0.1) is 16.7 Å². The van der Waals surface area contributed by atoms with Gasteiger partial charge in [0.25, 0.3) is 0 Å². The third-order valence-electron chi connectivity index (χ3n) is 5.40. The Morgan fingerprint density at radius 3 is 2.50 bits per heavy atom. The summed E-state index contributed by atoms with van der Waals surface area (Å²) in [5.74, 6) is 0.964. The predicted octanol–water partition coefficient (Wildman–Crippen LogP) is 4.38. The molecule has 0 saturated carbocycles. The Morgan fingerprint density at radius 1 is 0.900 bits per heavy atom. The molecule has 0 atom stereocenters. The number of aromatic nitrogens is 6. The molecular formula is C23H17N7. The molecule has 3 N–H and O–H groups in total. The molecule has 3 aromatic heterocycles. The molecule has 0 aliphatic heterocycles. The number of nitrogens with zero attached hydrogens (tertiary/aromatic N) is 5. The van der Waals surface area contributed by atoms with Crippen molar-refractivity contribution in [1.29, 1.82) is 0 Å². The highest BCUT2D eigenvalue weighted by atomic mass is 15.3. The molecule has 0 fully saturated rings. The van der Waals surface area contributed by atoms with Gasteiger partial charge >= 0.3 is 0 Å². The summed E-state index contributed by atoms with van der Waals surface area (Å²) >= 11 is 0. The van der Waals surface area contributed by atoms with Gasteiger partial charge in [-0.25, -0.2) is 4.98 Å². The van der Waals surface area contributed by atoms with Gasteiger partial charge in [0.15, 0.2) is 23.0 Å². The fraction of sp³-hybridized carbons (Fsp3) is 0.0435. The number of anilines is 1. The van der Waals surface area contributed by atoms with Crippen LogP contribution >= 0.6 is 0 Å². The van der Waals surface area contributed by atoms with E-state index in [2.05, 4.69) is 51.4 Å². The summed E-state index contributed by atoms with van der Waals surface area (Å²) in [6.45, 7) is 2.08. The van der Waals surface area contributed by atoms with Crippen LogP contribution in [0, 0.1) is 6.92 Å². The van der Waals surface area contributed by atoms with Gasteiger partial charge < -0.3 is 10.7 Å². The Morgan fingerprint density at radius 2 is 1.67 bits per heavy atom. The predicted molar refractivity (Wildman–Crippen MR) is 118 cm³/mol. The van der Waals surface area contributed by atoms with Crippen LogP contribution in [0.5, 0.6) is 0 Å². The van der Waals surface area contributed by atoms with Crippen molar-refractivity contribution in [3.05, 3.63) is 72.3 Å². The van der Waals surface area contributed by atoms with E-state index in [9.17, 15) is 0 Å². The molecule has 3 heterocycles. The monoisotopic (exact) mass is 391 g/mol. The van der Waals surface area contributed by atoms with Crippen LogP contribution in [0.1, 0.15) is 5.56 Å². The highest BCUT2D eigenvalue weighted by Crippen LogP contribution is 2.30. The second-order valence-corrected chi connectivity index (χ2v) is 7.35. The van der Waals surface area contributed by atoms with E-state index in [1.54, 1.807) is 4.52 Å². The molecule has 0 unspecified atom stereocenters. The third kappa shape index (κ3) is 2.45. The maximum atomic E-state index is 6.43. The fourth-order valence-corrected chi connectivity index (χ4v) is 3.87. The van der Waals surface area contributed by atoms with Crippen LogP contribution in [-0.2, 0) is 0 Å². The third-order valence-corrected chi connectivity index (χ3v) is 5.40. The highest BCUT2D eigenvalue weighted by Gasteiger charge is 2.17. The van der Waals surface area contributed by atoms with Gasteiger partial charge in [0, 0.05) is 11.6 Å². The van der Waals surface area contributed by atoms with E-state index in [-0.39, 0.29) is 0 Å². The minimum Gasteiger partial charge on any atom is -0.382 e. The second-order valence-electron chi connectivity index (χ2n) is 7.35. The van der Waals surface area contributed by atoms with Crippen molar-refractivity contribution < 1.29 is 0 Å². The van der Waals surface area contributed by atoms with Crippen LogP contribution < -0.4 is 5.73 Å². The number of imidazole rings is 1. The molecule has 6 rings (SSSR count). The summed E-state index contributed by atoms with van der Waals surface area (Å²) in [6, 6.07) is 22.3. The Kier molecular flexibility index (Phi) is 3.40. The van der Waals surface area contributed by atoms with E-state index >= 15 is 0 Å². The number of hydrogen-bond donors (Lipinski definition) is 2. The number of H-pyrrole nitrogens is 1. The van der Waals surface area contributed by atoms with Gasteiger partial charge in [-0.2, -0.15) is 9.61 Å². The summed E-state index contributed by atoms with van der Waals surface area (Å²) in [5.41, 5.74) is 12.3. The van der Waals surface area contributed by atoms with Gasteiger partial charge in [-0.1, -0.05) is 42.5 Å². The van der Waals surface area contributed by atoms with Crippen LogP contribution in [0.4, 0.5) is 5.82 Å². The van der Waals surface area contributed by atoms with Crippen molar-refractivity contribution in [2.75, 3.05) is 5.73 Å². The Bertz CT molecular complexity index is 1540. The molecule has 0 aliphatic rings. The van der Waals surface area contributed by atoms with Gasteiger partial charge in [-0.15, -0.1) is 10.2 Å². The summed E-state index contributed by atoms with van der Waals surface area (Å²) in [6.07, 6.45) is 0. The van der Waals surface area contributed by atoms with Crippen molar-refractivity contribution in [2.45, 2.75) is 6.92 Å². The molecule has 7 nitrogen and oxygen atoms in total. The summed E-state index contributed by atoms with van der Waals surface area (Å²) in [4.78, 5) is 7.84. The SMILES string of the molecule is Cc1cc2ccccc2cc1-c1cc2nnc(-c3nc4ccccc4[nH]3)c(N)n2n1. The van der Waals surface area contributed by atoms with E-state index in [1.807, 2.05) is 42.5 Å². The zero-order valence-corrected chi connectivity index (χ0v) is 16.2. The van der Waals surface area contributed by atoms with E-state index in [0.29, 0.717) is 23.0 Å². The number of nitrogens with two attached hydrogens (primary N) is 1. The number of benzene rings is 3. The summed E-state index contributed by atoms with van der Waals surface area (Å²) in [7, 11) is 0. The maximum absolute atomic E-state index is 6.43. The number of para-hydroxylation sites is 2. The molecule has 0 radical (unpaired) electrons. The first kappa shape index (κ1) is 16.7. The number of aromatic amines is 1. The van der Waals surface area contributed by atoms with Gasteiger partial charge in [-0.05, 0) is 41.5 Å². The maximum Gasteiger partial charge on any atom is 0.180 e. The van der Waals surface area contributed by atoms with E-state index < -0.39 is 0 Å². The van der Waals surface area contributed by atoms with Crippen molar-refractivity contribution in [1.82, 2.24) is 29.8 Å². The second kappa shape index (κ2) is 6.12. The number of nitrogen functional groups attached to an aromatic ring is 1. The molecule has 0 aliphatic carbocycles. The van der Waals surface area contributed by atoms with Crippen LogP contribution in [0.25, 0.3) is 50.2 Å². The minimum absolute atomic E-state index is 0.392. The zero-order chi connectivity index (χ0) is 20.2. The Labute approximate surface area is 171 Å². The van der Waals surface area contributed by atoms with Crippen LogP contribution in [0.15, 0.2) is 66.7 Å². The fourth-order valence-electron chi connectivity index (χ4n) is 3.87. The number of rotatable bonds is 2. The van der Waals surface area contributed by atoms with Crippen molar-refractivity contribution in [3.8, 4) is 22.8 Å². The normalized spacial score (nSPS) is 11.6. The minimum atomic E-state index is 0.392. The lowest BCUT2D eigenvalue weighted by atomic mass is 10.00. The molecule has 0 bridgehead atoms. The molecule has 30 heavy (non-hydrogen) atoms. The largest absolute Gasteiger partial charge is 0.382 e. The first-order valence-corrected chi connectivity index (χ1v) is 9.64. The van der Waals surface area contributed by atoms with Crippen LogP contribution in [0.3, 0.4) is 0 Å². The molecule has 3 aromatic carbocycles. The van der Waals surface area contributed by atoms with E-state index in [0.717, 1.165) is 33.2 Å². The molecule has 144 valence electrons. The first-order chi connectivity index (χ1) is 14.7. The number of nitrogens with one attached hydrogen (secondary N) is 1. The smallest absolute Gasteiger partial charge is 0.180 e. The van der Waals surface area contributed by atoms with E-state index in [1.165, 1.54) is 5.39 Å². The molecular weight excluding hydrogens is 374 g/mol. The van der Waals surface area contributed by atoms with Gasteiger partial charge in [-0.3, -0.25) is 0 Å². The average molecular weight is 391 g/mol. The number of fused-ring (bicyclic) bond motifs is 3. The van der Waals surface area contributed by atoms with Crippen molar-refractivity contribution in [3.63, 3.8) is 0 Å². The molecule has 7 heteroatoms. The van der Waals surface area contributed by atoms with E-state index in [4.69, 9.17) is 10.8 Å². The van der Waals surface area contributed by atoms with Crippen LogP contribution in [-0.4, -0.2) is 29.8 Å². The molecule has 6 aromatic rings. The zero-order valence-electron chi connectivity index (χ0n) is 16.2. The standard InChI is InChI=1S/C23H17N7/c1-13-10-14-6-2-3-7-15(14)11-16(13)19-12-20-27-28-21(22(24)30(20)29-19)23-25-17-8-4-5-9-18(17)26-23/h2-12H,24H2,1H3,(H,25,26). The molecule has 0 amide bonds. The lowest BCUT2D eigenvalue weighted by molar-refractivity contribution is 0.904.